The van der Waals surface area contributed by atoms with Crippen molar-refractivity contribution in [2.75, 3.05) is 33.0 Å². The number of hydrogen-bond acceptors (Lipinski definition) is 7. The average molecular weight is 884 g/mol. The lowest BCUT2D eigenvalue weighted by molar-refractivity contribution is -0.154. The molecular weight excluding hydrogens is 794 g/mol. The quantitative estimate of drug-likeness (QED) is 0.0269. The first-order valence-corrected chi connectivity index (χ1v) is 25.9. The van der Waals surface area contributed by atoms with Crippen molar-refractivity contribution in [2.45, 2.75) is 187 Å². The van der Waals surface area contributed by atoms with Crippen LogP contribution in [0.1, 0.15) is 181 Å². The molecule has 0 radical (unpaired) electrons. The number of carbonyl (C=O) groups is 1. The largest absolute Gasteiger partial charge is 0.472 e. The van der Waals surface area contributed by atoms with Crippen LogP contribution in [0.15, 0.2) is 109 Å². The number of ether oxygens (including phenoxy) is 2. The van der Waals surface area contributed by atoms with Gasteiger partial charge in [0.2, 0.25) is 0 Å². The molecule has 0 heterocycles. The van der Waals surface area contributed by atoms with Gasteiger partial charge >= 0.3 is 13.8 Å². The van der Waals surface area contributed by atoms with Crippen LogP contribution in [0.5, 0.6) is 0 Å². The number of hydrogen-bond donors (Lipinski definition) is 2. The summed E-state index contributed by atoms with van der Waals surface area (Å²) in [5.41, 5.74) is 5.38. The summed E-state index contributed by atoms with van der Waals surface area (Å²) in [6.45, 7) is 4.63. The molecule has 0 aliphatic heterocycles. The van der Waals surface area contributed by atoms with E-state index in [0.29, 0.717) is 13.0 Å². The Morgan fingerprint density at radius 3 is 1.27 bits per heavy atom. The highest BCUT2D eigenvalue weighted by Gasteiger charge is 2.25. The standard InChI is InChI=1S/C53H90NO7P/c1-3-5-7-9-11-13-15-17-19-21-23-25-27-29-31-33-35-37-39-41-43-45-48-58-50-52(51-60-62(56,57)59-49-47-54)61-53(55)46-44-42-40-38-36-34-32-30-28-26-24-22-20-18-16-14-12-10-8-6-4-2/h5-8,11-14,17-20,23-26,29,31,52H,3-4,9-10,15-16,21-22,27-28,30,32-51,54H2,1-2H3,(H,56,57)/b7-5-,8-6-,13-11-,14-12-,19-17-,20-18-,25-23-,26-24-,31-29-. The Labute approximate surface area is 380 Å². The molecule has 0 fully saturated rings. The fourth-order valence-electron chi connectivity index (χ4n) is 6.19. The van der Waals surface area contributed by atoms with E-state index >= 15 is 0 Å². The summed E-state index contributed by atoms with van der Waals surface area (Å²) in [6.07, 6.45) is 66.8. The summed E-state index contributed by atoms with van der Waals surface area (Å²) in [6, 6.07) is 0. The molecular formula is C53H90NO7P. The van der Waals surface area contributed by atoms with Crippen LogP contribution >= 0.6 is 7.82 Å². The Kier molecular flexibility index (Phi) is 46.9. The highest BCUT2D eigenvalue weighted by atomic mass is 31.2. The molecule has 3 N–H and O–H groups in total. The molecule has 0 aromatic carbocycles. The fraction of sp³-hybridized carbons (Fsp3) is 0.642. The molecule has 0 saturated heterocycles. The zero-order chi connectivity index (χ0) is 45.1. The van der Waals surface area contributed by atoms with Crippen LogP contribution in [-0.4, -0.2) is 49.9 Å². The van der Waals surface area contributed by atoms with Crippen LogP contribution < -0.4 is 5.73 Å². The van der Waals surface area contributed by atoms with Gasteiger partial charge in [0.1, 0.15) is 6.10 Å². The zero-order valence-corrected chi connectivity index (χ0v) is 40.2. The predicted octanol–water partition coefficient (Wildman–Crippen LogP) is 15.2. The highest BCUT2D eigenvalue weighted by molar-refractivity contribution is 7.47. The number of phosphoric acid groups is 1. The number of carbonyl (C=O) groups excluding carboxylic acids is 1. The van der Waals surface area contributed by atoms with Gasteiger partial charge in [0, 0.05) is 19.6 Å². The molecule has 2 atom stereocenters. The Hall–Kier alpha value is -2.84. The molecule has 62 heavy (non-hydrogen) atoms. The molecule has 0 bridgehead atoms. The van der Waals surface area contributed by atoms with E-state index in [-0.39, 0.29) is 32.3 Å². The van der Waals surface area contributed by atoms with Gasteiger partial charge in [-0.2, -0.15) is 0 Å². The minimum absolute atomic E-state index is 0.0897. The van der Waals surface area contributed by atoms with Crippen molar-refractivity contribution in [3.8, 4) is 0 Å². The number of nitrogens with two attached hydrogens (primary N) is 1. The van der Waals surface area contributed by atoms with Gasteiger partial charge in [-0.1, -0.05) is 187 Å². The molecule has 0 spiro atoms. The van der Waals surface area contributed by atoms with Crippen LogP contribution in [0.2, 0.25) is 0 Å². The minimum atomic E-state index is -4.30. The molecule has 0 aliphatic carbocycles. The van der Waals surface area contributed by atoms with E-state index in [1.54, 1.807) is 0 Å². The predicted molar refractivity (Wildman–Crippen MR) is 265 cm³/mol. The second kappa shape index (κ2) is 49.2. The molecule has 8 nitrogen and oxygen atoms in total. The number of allylic oxidation sites excluding steroid dienone is 18. The second-order valence-electron chi connectivity index (χ2n) is 15.6. The van der Waals surface area contributed by atoms with Crippen molar-refractivity contribution in [3.05, 3.63) is 109 Å². The topological polar surface area (TPSA) is 117 Å². The number of phosphoric ester groups is 1. The van der Waals surface area contributed by atoms with Crippen molar-refractivity contribution in [3.63, 3.8) is 0 Å². The summed E-state index contributed by atoms with van der Waals surface area (Å²) in [4.78, 5) is 22.6. The fourth-order valence-corrected chi connectivity index (χ4v) is 6.96. The van der Waals surface area contributed by atoms with Crippen molar-refractivity contribution >= 4 is 13.8 Å². The van der Waals surface area contributed by atoms with Crippen LogP contribution in [0.25, 0.3) is 0 Å². The number of esters is 1. The minimum Gasteiger partial charge on any atom is -0.457 e. The molecule has 354 valence electrons. The first-order valence-electron chi connectivity index (χ1n) is 24.4. The summed E-state index contributed by atoms with van der Waals surface area (Å²) < 4.78 is 33.5. The molecule has 2 unspecified atom stereocenters. The highest BCUT2D eigenvalue weighted by Crippen LogP contribution is 2.43. The summed E-state index contributed by atoms with van der Waals surface area (Å²) >= 11 is 0. The molecule has 0 aromatic rings. The normalized spacial score (nSPS) is 14.3. The summed E-state index contributed by atoms with van der Waals surface area (Å²) in [5, 5.41) is 0. The van der Waals surface area contributed by atoms with E-state index in [1.165, 1.54) is 51.4 Å². The molecule has 9 heteroatoms. The molecule has 0 aliphatic rings. The van der Waals surface area contributed by atoms with Gasteiger partial charge < -0.3 is 20.1 Å². The average Bonchev–Trinajstić information content (AvgIpc) is 3.26. The molecule has 0 amide bonds. The van der Waals surface area contributed by atoms with Crippen LogP contribution in [0.3, 0.4) is 0 Å². The molecule has 0 aromatic heterocycles. The van der Waals surface area contributed by atoms with E-state index in [2.05, 4.69) is 123 Å². The maximum absolute atomic E-state index is 12.6. The first-order chi connectivity index (χ1) is 30.4. The van der Waals surface area contributed by atoms with Gasteiger partial charge in [0.05, 0.1) is 19.8 Å². The smallest absolute Gasteiger partial charge is 0.457 e. The summed E-state index contributed by atoms with van der Waals surface area (Å²) in [5.74, 6) is -0.349. The van der Waals surface area contributed by atoms with Crippen LogP contribution in [-0.2, 0) is 27.9 Å². The maximum atomic E-state index is 12.6. The van der Waals surface area contributed by atoms with Crippen molar-refractivity contribution < 1.29 is 32.8 Å². The Bertz CT molecular complexity index is 1310. The maximum Gasteiger partial charge on any atom is 0.472 e. The van der Waals surface area contributed by atoms with Crippen molar-refractivity contribution in [2.24, 2.45) is 5.73 Å². The molecule has 0 rings (SSSR count). The van der Waals surface area contributed by atoms with Crippen LogP contribution in [0.4, 0.5) is 0 Å². The Morgan fingerprint density at radius 2 is 0.855 bits per heavy atom. The Balaban J connectivity index is 4.06. The van der Waals surface area contributed by atoms with Gasteiger partial charge in [-0.3, -0.25) is 13.8 Å². The van der Waals surface area contributed by atoms with Gasteiger partial charge in [-0.15, -0.1) is 0 Å². The van der Waals surface area contributed by atoms with Gasteiger partial charge in [-0.25, -0.2) is 4.57 Å². The van der Waals surface area contributed by atoms with Gasteiger partial charge in [0.25, 0.3) is 0 Å². The van der Waals surface area contributed by atoms with Gasteiger partial charge in [0.15, 0.2) is 0 Å². The monoisotopic (exact) mass is 884 g/mol. The van der Waals surface area contributed by atoms with E-state index in [1.807, 2.05) is 0 Å². The Morgan fingerprint density at radius 1 is 0.484 bits per heavy atom. The van der Waals surface area contributed by atoms with Crippen molar-refractivity contribution in [1.29, 1.82) is 0 Å². The second-order valence-corrected chi connectivity index (χ2v) is 17.0. The van der Waals surface area contributed by atoms with E-state index in [0.717, 1.165) is 109 Å². The van der Waals surface area contributed by atoms with Gasteiger partial charge in [-0.05, 0) is 96.3 Å². The van der Waals surface area contributed by atoms with E-state index < -0.39 is 13.9 Å². The zero-order valence-electron chi connectivity index (χ0n) is 39.3. The van der Waals surface area contributed by atoms with Crippen LogP contribution in [0, 0.1) is 0 Å². The lowest BCUT2D eigenvalue weighted by Crippen LogP contribution is -2.28. The third kappa shape index (κ3) is 48.2. The first kappa shape index (κ1) is 59.2. The SMILES string of the molecule is CC/C=C\C/C=C\C/C=C\C/C=C\C/C=C\CCCCCCCCOCC(COP(=O)(O)OCCN)OC(=O)CCCCCCCCCC/C=C\C/C=C\C/C=C\C/C=C\CC. The molecule has 0 saturated carbocycles. The lowest BCUT2D eigenvalue weighted by Gasteiger charge is -2.20. The van der Waals surface area contributed by atoms with E-state index in [9.17, 15) is 14.3 Å². The van der Waals surface area contributed by atoms with E-state index in [4.69, 9.17) is 24.3 Å². The summed E-state index contributed by atoms with van der Waals surface area (Å²) in [7, 11) is -4.30. The number of unbranched alkanes of at least 4 members (excludes halogenated alkanes) is 14. The van der Waals surface area contributed by atoms with Crippen molar-refractivity contribution in [1.82, 2.24) is 0 Å². The third-order valence-electron chi connectivity index (χ3n) is 9.69. The lowest BCUT2D eigenvalue weighted by atomic mass is 10.1. The third-order valence-corrected chi connectivity index (χ3v) is 10.7. The number of rotatable bonds is 45.